The summed E-state index contributed by atoms with van der Waals surface area (Å²) < 4.78 is 1.96. The lowest BCUT2D eigenvalue weighted by Crippen LogP contribution is -2.23. The first-order valence-electron chi connectivity index (χ1n) is 5.00. The number of aromatic nitrogens is 3. The number of aryl methyl sites for hydroxylation is 1. The van der Waals surface area contributed by atoms with E-state index in [-0.39, 0.29) is 5.56 Å². The molecule has 0 aliphatic carbocycles. The molecule has 0 unspecified atom stereocenters. The molecule has 88 valence electrons. The number of pyridine rings is 1. The fourth-order valence-corrected chi connectivity index (χ4v) is 1.75. The molecule has 5 nitrogen and oxygen atoms in total. The van der Waals surface area contributed by atoms with Crippen LogP contribution in [0.15, 0.2) is 33.9 Å². The van der Waals surface area contributed by atoms with Crippen molar-refractivity contribution < 1.29 is 0 Å². The van der Waals surface area contributed by atoms with Gasteiger partial charge >= 0.3 is 0 Å². The third-order valence-electron chi connectivity index (χ3n) is 2.33. The molecular formula is C11H11BrN4O. The minimum absolute atomic E-state index is 0.123. The summed E-state index contributed by atoms with van der Waals surface area (Å²) in [7, 11) is 0. The van der Waals surface area contributed by atoms with E-state index >= 15 is 0 Å². The summed E-state index contributed by atoms with van der Waals surface area (Å²) in [4.78, 5) is 20.2. The molecule has 2 heterocycles. The molecule has 0 radical (unpaired) electrons. The van der Waals surface area contributed by atoms with E-state index in [0.717, 1.165) is 5.69 Å². The van der Waals surface area contributed by atoms with Gasteiger partial charge in [0.2, 0.25) is 0 Å². The number of nitrogens with zero attached hydrogens (tertiary/aromatic N) is 3. The predicted octanol–water partition coefficient (Wildman–Crippen LogP) is 1.34. The average molecular weight is 295 g/mol. The maximum atomic E-state index is 11.9. The smallest absolute Gasteiger partial charge is 0.268 e. The van der Waals surface area contributed by atoms with Gasteiger partial charge in [-0.15, -0.1) is 0 Å². The third-order valence-corrected chi connectivity index (χ3v) is 3.24. The highest BCUT2D eigenvalue weighted by molar-refractivity contribution is 9.10. The van der Waals surface area contributed by atoms with Crippen molar-refractivity contribution in [3.8, 4) is 0 Å². The number of rotatable bonds is 2. The molecule has 2 aromatic heterocycles. The Labute approximate surface area is 106 Å². The summed E-state index contributed by atoms with van der Waals surface area (Å²) >= 11 is 3.22. The molecule has 6 heteroatoms. The van der Waals surface area contributed by atoms with Gasteiger partial charge in [0, 0.05) is 11.9 Å². The van der Waals surface area contributed by atoms with Crippen LogP contribution in [0.4, 0.5) is 5.69 Å². The van der Waals surface area contributed by atoms with Crippen molar-refractivity contribution in [2.75, 3.05) is 5.73 Å². The lowest BCUT2D eigenvalue weighted by atomic mass is 10.3. The van der Waals surface area contributed by atoms with Gasteiger partial charge in [-0.25, -0.2) is 4.98 Å². The summed E-state index contributed by atoms with van der Waals surface area (Å²) in [6.45, 7) is 2.13. The monoisotopic (exact) mass is 294 g/mol. The van der Waals surface area contributed by atoms with Crippen molar-refractivity contribution in [1.29, 1.82) is 0 Å². The zero-order valence-electron chi connectivity index (χ0n) is 9.22. The third kappa shape index (κ3) is 2.52. The van der Waals surface area contributed by atoms with Crippen LogP contribution in [0.1, 0.15) is 11.4 Å². The second kappa shape index (κ2) is 4.67. The molecule has 0 aliphatic heterocycles. The van der Waals surface area contributed by atoms with Crippen LogP contribution >= 0.6 is 15.9 Å². The van der Waals surface area contributed by atoms with E-state index in [1.165, 1.54) is 10.9 Å². The molecule has 0 saturated carbocycles. The quantitative estimate of drug-likeness (QED) is 0.907. The molecule has 0 atom stereocenters. The SMILES string of the molecule is Cc1ncn(Cc2cc(N)ccn2)c(=O)c1Br. The van der Waals surface area contributed by atoms with E-state index in [1.807, 2.05) is 0 Å². The molecule has 0 aromatic carbocycles. The highest BCUT2D eigenvalue weighted by Crippen LogP contribution is 2.08. The number of anilines is 1. The van der Waals surface area contributed by atoms with Crippen LogP contribution < -0.4 is 11.3 Å². The van der Waals surface area contributed by atoms with Crippen LogP contribution in [-0.4, -0.2) is 14.5 Å². The van der Waals surface area contributed by atoms with Crippen LogP contribution in [0.2, 0.25) is 0 Å². The van der Waals surface area contributed by atoms with Crippen LogP contribution in [0.25, 0.3) is 0 Å². The second-order valence-electron chi connectivity index (χ2n) is 3.66. The minimum Gasteiger partial charge on any atom is -0.399 e. The van der Waals surface area contributed by atoms with Gasteiger partial charge in [0.05, 0.1) is 24.3 Å². The largest absolute Gasteiger partial charge is 0.399 e. The van der Waals surface area contributed by atoms with Gasteiger partial charge in [-0.1, -0.05) is 0 Å². The van der Waals surface area contributed by atoms with Gasteiger partial charge in [0.1, 0.15) is 4.47 Å². The van der Waals surface area contributed by atoms with Crippen LogP contribution in [0.5, 0.6) is 0 Å². The van der Waals surface area contributed by atoms with E-state index in [2.05, 4.69) is 25.9 Å². The van der Waals surface area contributed by atoms with Crippen LogP contribution in [-0.2, 0) is 6.54 Å². The Kier molecular flexibility index (Phi) is 3.23. The standard InChI is InChI=1S/C11H11BrN4O/c1-7-10(12)11(17)16(6-15-7)5-9-4-8(13)2-3-14-9/h2-4,6H,5H2,1H3,(H2,13,14). The Morgan fingerprint density at radius 2 is 2.24 bits per heavy atom. The van der Waals surface area contributed by atoms with Crippen molar-refractivity contribution in [3.63, 3.8) is 0 Å². The second-order valence-corrected chi connectivity index (χ2v) is 4.45. The van der Waals surface area contributed by atoms with Gasteiger partial charge in [-0.05, 0) is 35.0 Å². The topological polar surface area (TPSA) is 73.8 Å². The molecule has 2 rings (SSSR count). The first kappa shape index (κ1) is 11.8. The van der Waals surface area contributed by atoms with Gasteiger partial charge < -0.3 is 5.73 Å². The van der Waals surface area contributed by atoms with Crippen molar-refractivity contribution in [2.45, 2.75) is 13.5 Å². The maximum Gasteiger partial charge on any atom is 0.268 e. The van der Waals surface area contributed by atoms with Crippen molar-refractivity contribution in [1.82, 2.24) is 14.5 Å². The lowest BCUT2D eigenvalue weighted by molar-refractivity contribution is 0.709. The first-order chi connectivity index (χ1) is 8.08. The van der Waals surface area contributed by atoms with Crippen molar-refractivity contribution in [2.24, 2.45) is 0 Å². The first-order valence-corrected chi connectivity index (χ1v) is 5.79. The maximum absolute atomic E-state index is 11.9. The van der Waals surface area contributed by atoms with E-state index in [4.69, 9.17) is 5.73 Å². The van der Waals surface area contributed by atoms with Gasteiger partial charge in [0.25, 0.3) is 5.56 Å². The summed E-state index contributed by atoms with van der Waals surface area (Å²) in [5, 5.41) is 0. The summed E-state index contributed by atoms with van der Waals surface area (Å²) in [5.74, 6) is 0. The highest BCUT2D eigenvalue weighted by Gasteiger charge is 2.06. The number of hydrogen-bond acceptors (Lipinski definition) is 4. The lowest BCUT2D eigenvalue weighted by Gasteiger charge is -2.06. The van der Waals surface area contributed by atoms with Gasteiger partial charge in [0.15, 0.2) is 0 Å². The zero-order chi connectivity index (χ0) is 12.4. The number of nitrogens with two attached hydrogens (primary N) is 1. The number of halogens is 1. The molecule has 0 fully saturated rings. The number of hydrogen-bond donors (Lipinski definition) is 1. The molecule has 2 N–H and O–H groups in total. The minimum atomic E-state index is -0.123. The average Bonchev–Trinajstić information content (AvgIpc) is 2.30. The Balaban J connectivity index is 2.37. The fraction of sp³-hybridized carbons (Fsp3) is 0.182. The summed E-state index contributed by atoms with van der Waals surface area (Å²) in [5.41, 5.74) is 7.56. The van der Waals surface area contributed by atoms with Gasteiger partial charge in [-0.2, -0.15) is 0 Å². The van der Waals surface area contributed by atoms with E-state index in [1.54, 1.807) is 25.3 Å². The fourth-order valence-electron chi connectivity index (χ4n) is 1.42. The van der Waals surface area contributed by atoms with E-state index in [0.29, 0.717) is 22.4 Å². The molecule has 0 spiro atoms. The molecule has 17 heavy (non-hydrogen) atoms. The van der Waals surface area contributed by atoms with Crippen molar-refractivity contribution in [3.05, 3.63) is 50.9 Å². The summed E-state index contributed by atoms with van der Waals surface area (Å²) in [6, 6.07) is 3.44. The molecule has 0 bridgehead atoms. The predicted molar refractivity (Wildman–Crippen MR) is 68.7 cm³/mol. The van der Waals surface area contributed by atoms with Crippen LogP contribution in [0, 0.1) is 6.92 Å². The van der Waals surface area contributed by atoms with Crippen molar-refractivity contribution >= 4 is 21.6 Å². The number of nitrogen functional groups attached to an aromatic ring is 1. The van der Waals surface area contributed by atoms with Gasteiger partial charge in [-0.3, -0.25) is 14.3 Å². The summed E-state index contributed by atoms with van der Waals surface area (Å²) in [6.07, 6.45) is 3.12. The Morgan fingerprint density at radius 1 is 1.47 bits per heavy atom. The van der Waals surface area contributed by atoms with Crippen LogP contribution in [0.3, 0.4) is 0 Å². The molecule has 0 saturated heterocycles. The van der Waals surface area contributed by atoms with E-state index in [9.17, 15) is 4.79 Å². The Hall–Kier alpha value is -1.69. The molecule has 0 aliphatic rings. The molecule has 0 amide bonds. The zero-order valence-corrected chi connectivity index (χ0v) is 10.8. The normalized spacial score (nSPS) is 10.5. The molecule has 2 aromatic rings. The molecular weight excluding hydrogens is 284 g/mol. The highest BCUT2D eigenvalue weighted by atomic mass is 79.9. The Bertz CT molecular complexity index is 609. The Morgan fingerprint density at radius 3 is 2.94 bits per heavy atom. The van der Waals surface area contributed by atoms with E-state index < -0.39 is 0 Å².